The molecule has 1 spiro atoms. The Labute approximate surface area is 144 Å². The number of aryl methyl sites for hydroxylation is 2. The Kier molecular flexibility index (Phi) is 4.57. The molecule has 0 radical (unpaired) electrons. The first-order valence-corrected chi connectivity index (χ1v) is 8.81. The van der Waals surface area contributed by atoms with Crippen molar-refractivity contribution in [1.29, 1.82) is 0 Å². The monoisotopic (exact) mass is 334 g/mol. The van der Waals surface area contributed by atoms with Crippen LogP contribution in [0.5, 0.6) is 0 Å². The van der Waals surface area contributed by atoms with Crippen molar-refractivity contribution in [3.63, 3.8) is 0 Å². The Balaban J connectivity index is 1.70. The summed E-state index contributed by atoms with van der Waals surface area (Å²) < 4.78 is 6.19. The zero-order valence-corrected chi connectivity index (χ0v) is 15.5. The Morgan fingerprint density at radius 3 is 2.33 bits per heavy atom. The lowest BCUT2D eigenvalue weighted by Gasteiger charge is -2.52. The van der Waals surface area contributed by atoms with Crippen LogP contribution in [-0.4, -0.2) is 71.0 Å². The molecule has 2 atom stereocenters. The van der Waals surface area contributed by atoms with Crippen LogP contribution in [0.15, 0.2) is 6.07 Å². The topological polar surface area (TPSA) is 61.7 Å². The summed E-state index contributed by atoms with van der Waals surface area (Å²) in [6.45, 7) is 8.09. The molecule has 1 aromatic heterocycles. The van der Waals surface area contributed by atoms with E-state index in [-0.39, 0.29) is 11.6 Å². The molecule has 1 aromatic rings. The van der Waals surface area contributed by atoms with Crippen LogP contribution in [0, 0.1) is 13.8 Å². The molecule has 0 amide bonds. The second kappa shape index (κ2) is 6.24. The van der Waals surface area contributed by atoms with Gasteiger partial charge in [-0.15, -0.1) is 0 Å². The number of rotatable bonds is 2. The van der Waals surface area contributed by atoms with E-state index in [1.165, 1.54) is 0 Å². The van der Waals surface area contributed by atoms with Crippen molar-refractivity contribution in [2.24, 2.45) is 0 Å². The molecule has 3 rings (SSSR count). The van der Waals surface area contributed by atoms with Crippen molar-refractivity contribution in [2.75, 3.05) is 38.7 Å². The summed E-state index contributed by atoms with van der Waals surface area (Å²) in [5, 5.41) is 10.6. The third kappa shape index (κ3) is 3.41. The highest BCUT2D eigenvalue weighted by atomic mass is 16.5. The van der Waals surface area contributed by atoms with Gasteiger partial charge in [0.1, 0.15) is 5.60 Å². The average molecular weight is 334 g/mol. The van der Waals surface area contributed by atoms with E-state index in [4.69, 9.17) is 4.74 Å². The third-order valence-electron chi connectivity index (χ3n) is 5.51. The number of ether oxygens (including phenoxy) is 1. The van der Waals surface area contributed by atoms with Gasteiger partial charge in [0.15, 0.2) is 0 Å². The van der Waals surface area contributed by atoms with Gasteiger partial charge in [-0.05, 0) is 60.2 Å². The SMILES string of the molecule is Cc1cc(C)nc(N2CCC3(CC2)C[C@H](N(C)C)[C@@](C)(O)CO3)n1. The van der Waals surface area contributed by atoms with Crippen LogP contribution in [0.1, 0.15) is 37.6 Å². The Bertz CT molecular complexity index is 574. The van der Waals surface area contributed by atoms with Crippen molar-refractivity contribution in [1.82, 2.24) is 14.9 Å². The number of hydrogen-bond donors (Lipinski definition) is 1. The van der Waals surface area contributed by atoms with Gasteiger partial charge in [-0.3, -0.25) is 0 Å². The lowest BCUT2D eigenvalue weighted by molar-refractivity contribution is -0.199. The van der Waals surface area contributed by atoms with Gasteiger partial charge in [0.25, 0.3) is 0 Å². The molecule has 2 saturated heterocycles. The zero-order chi connectivity index (χ0) is 17.5. The normalized spacial score (nSPS) is 30.1. The van der Waals surface area contributed by atoms with Gasteiger partial charge in [-0.25, -0.2) is 9.97 Å². The summed E-state index contributed by atoms with van der Waals surface area (Å²) in [7, 11) is 4.08. The fourth-order valence-electron chi connectivity index (χ4n) is 4.08. The Hall–Kier alpha value is -1.24. The number of aliphatic hydroxyl groups is 1. The van der Waals surface area contributed by atoms with Gasteiger partial charge in [0.05, 0.1) is 12.2 Å². The molecular weight excluding hydrogens is 304 g/mol. The molecule has 0 saturated carbocycles. The summed E-state index contributed by atoms with van der Waals surface area (Å²) in [4.78, 5) is 13.6. The standard InChI is InChI=1S/C18H30N4O2/c1-13-10-14(2)20-16(19-13)22-8-6-18(7-9-22)11-15(21(4)5)17(3,23)12-24-18/h10,15,23H,6-9,11-12H2,1-5H3/t15-,17-/m0/s1. The van der Waals surface area contributed by atoms with Crippen molar-refractivity contribution < 1.29 is 9.84 Å². The minimum absolute atomic E-state index is 0.121. The van der Waals surface area contributed by atoms with Crippen molar-refractivity contribution in [3.05, 3.63) is 17.5 Å². The minimum Gasteiger partial charge on any atom is -0.386 e. The van der Waals surface area contributed by atoms with E-state index in [1.807, 2.05) is 40.9 Å². The largest absolute Gasteiger partial charge is 0.386 e. The first kappa shape index (κ1) is 17.6. The lowest BCUT2D eigenvalue weighted by atomic mass is 9.77. The van der Waals surface area contributed by atoms with Crippen LogP contribution >= 0.6 is 0 Å². The zero-order valence-electron chi connectivity index (χ0n) is 15.5. The molecule has 24 heavy (non-hydrogen) atoms. The summed E-state index contributed by atoms with van der Waals surface area (Å²) in [6.07, 6.45) is 2.77. The Morgan fingerprint density at radius 1 is 1.21 bits per heavy atom. The maximum absolute atomic E-state index is 10.6. The van der Waals surface area contributed by atoms with Gasteiger partial charge in [-0.1, -0.05) is 0 Å². The first-order chi connectivity index (χ1) is 11.2. The summed E-state index contributed by atoms with van der Waals surface area (Å²) >= 11 is 0. The number of anilines is 1. The number of likely N-dealkylation sites (N-methyl/N-ethyl adjacent to an activating group) is 1. The maximum atomic E-state index is 10.6. The van der Waals surface area contributed by atoms with Gasteiger partial charge < -0.3 is 19.6 Å². The van der Waals surface area contributed by atoms with Gasteiger partial charge in [0, 0.05) is 30.5 Å². The molecule has 0 aliphatic carbocycles. The molecule has 0 bridgehead atoms. The predicted octanol–water partition coefficient (Wildman–Crippen LogP) is 1.53. The second-order valence-corrected chi connectivity index (χ2v) is 7.95. The number of nitrogens with zero attached hydrogens (tertiary/aromatic N) is 4. The minimum atomic E-state index is -0.789. The summed E-state index contributed by atoms with van der Waals surface area (Å²) in [5.74, 6) is 0.828. The molecular formula is C18H30N4O2. The van der Waals surface area contributed by atoms with E-state index in [2.05, 4.69) is 19.8 Å². The van der Waals surface area contributed by atoms with E-state index in [1.54, 1.807) is 0 Å². The van der Waals surface area contributed by atoms with Gasteiger partial charge in [0.2, 0.25) is 5.95 Å². The molecule has 3 heterocycles. The molecule has 2 aliphatic rings. The second-order valence-electron chi connectivity index (χ2n) is 7.95. The molecule has 6 heteroatoms. The average Bonchev–Trinajstić information content (AvgIpc) is 2.49. The third-order valence-corrected chi connectivity index (χ3v) is 5.51. The van der Waals surface area contributed by atoms with Crippen LogP contribution in [0.25, 0.3) is 0 Å². The number of aromatic nitrogens is 2. The van der Waals surface area contributed by atoms with Crippen molar-refractivity contribution in [3.8, 4) is 0 Å². The molecule has 2 fully saturated rings. The number of hydrogen-bond acceptors (Lipinski definition) is 6. The van der Waals surface area contributed by atoms with Crippen LogP contribution in [0.4, 0.5) is 5.95 Å². The quantitative estimate of drug-likeness (QED) is 0.885. The number of piperidine rings is 1. The van der Waals surface area contributed by atoms with Crippen LogP contribution in [0.2, 0.25) is 0 Å². The van der Waals surface area contributed by atoms with E-state index >= 15 is 0 Å². The molecule has 0 aromatic carbocycles. The predicted molar refractivity (Wildman–Crippen MR) is 94.4 cm³/mol. The van der Waals surface area contributed by atoms with Gasteiger partial charge in [-0.2, -0.15) is 0 Å². The molecule has 1 N–H and O–H groups in total. The molecule has 0 unspecified atom stereocenters. The fourth-order valence-corrected chi connectivity index (χ4v) is 4.08. The smallest absolute Gasteiger partial charge is 0.225 e. The van der Waals surface area contributed by atoms with E-state index < -0.39 is 5.60 Å². The van der Waals surface area contributed by atoms with Gasteiger partial charge >= 0.3 is 0 Å². The maximum Gasteiger partial charge on any atom is 0.225 e. The van der Waals surface area contributed by atoms with E-state index in [0.29, 0.717) is 6.61 Å². The van der Waals surface area contributed by atoms with Crippen LogP contribution < -0.4 is 4.90 Å². The van der Waals surface area contributed by atoms with E-state index in [0.717, 1.165) is 49.7 Å². The van der Waals surface area contributed by atoms with Crippen LogP contribution in [-0.2, 0) is 4.74 Å². The van der Waals surface area contributed by atoms with Crippen molar-refractivity contribution >= 4 is 5.95 Å². The molecule has 6 nitrogen and oxygen atoms in total. The van der Waals surface area contributed by atoms with Crippen LogP contribution in [0.3, 0.4) is 0 Å². The summed E-state index contributed by atoms with van der Waals surface area (Å²) in [6, 6.07) is 2.12. The first-order valence-electron chi connectivity index (χ1n) is 8.81. The van der Waals surface area contributed by atoms with E-state index in [9.17, 15) is 5.11 Å². The van der Waals surface area contributed by atoms with Crippen molar-refractivity contribution in [2.45, 2.75) is 57.3 Å². The molecule has 2 aliphatic heterocycles. The fraction of sp³-hybridized carbons (Fsp3) is 0.778. The summed E-state index contributed by atoms with van der Waals surface area (Å²) in [5.41, 5.74) is 1.10. The lowest BCUT2D eigenvalue weighted by Crippen LogP contribution is -2.62. The highest BCUT2D eigenvalue weighted by molar-refractivity contribution is 5.33. The Morgan fingerprint density at radius 2 is 1.79 bits per heavy atom. The highest BCUT2D eigenvalue weighted by Crippen LogP contribution is 2.40. The highest BCUT2D eigenvalue weighted by Gasteiger charge is 2.49. The molecule has 134 valence electrons.